The Kier molecular flexibility index (Phi) is 23.1. The van der Waals surface area contributed by atoms with Gasteiger partial charge in [0, 0.05) is 6.61 Å². The van der Waals surface area contributed by atoms with Gasteiger partial charge in [-0.05, 0) is 6.42 Å². The van der Waals surface area contributed by atoms with Crippen LogP contribution in [0.5, 0.6) is 0 Å². The largest absolute Gasteiger partial charge is 0.394 e. The fraction of sp³-hybridized carbons (Fsp3) is 1.00. The molecule has 0 amide bonds. The zero-order chi connectivity index (χ0) is 27.0. The molecule has 0 aliphatic carbocycles. The molecule has 0 radical (unpaired) electrons. The molecule has 9 heteroatoms. The molecular weight excluding hydrogens is 480 g/mol. The molecule has 37 heavy (non-hydrogen) atoms. The van der Waals surface area contributed by atoms with Crippen LogP contribution >= 0.6 is 0 Å². The van der Waals surface area contributed by atoms with E-state index in [1.807, 2.05) is 0 Å². The predicted octanol–water partition coefficient (Wildman–Crippen LogP) is 3.33. The SMILES string of the molecule is CCCCCCCCCCCCCCCCOCCOCCOCCO[C@@H]1O[C@H](CO)[C@H](O)[C@H](O)[C@H]1O. The monoisotopic (exact) mass is 536 g/mol. The van der Waals surface area contributed by atoms with Crippen molar-refractivity contribution in [3.8, 4) is 0 Å². The van der Waals surface area contributed by atoms with Crippen LogP contribution in [0.2, 0.25) is 0 Å². The number of aliphatic hydroxyl groups is 4. The first-order valence-electron chi connectivity index (χ1n) is 14.8. The fourth-order valence-electron chi connectivity index (χ4n) is 4.37. The summed E-state index contributed by atoms with van der Waals surface area (Å²) in [6, 6.07) is 0. The first kappa shape index (κ1) is 34.7. The van der Waals surface area contributed by atoms with Gasteiger partial charge >= 0.3 is 0 Å². The van der Waals surface area contributed by atoms with Crippen LogP contribution in [0.25, 0.3) is 0 Å². The van der Waals surface area contributed by atoms with Crippen molar-refractivity contribution in [3.05, 3.63) is 0 Å². The second-order valence-electron chi connectivity index (χ2n) is 10.0. The molecule has 0 aromatic rings. The Labute approximate surface area is 224 Å². The van der Waals surface area contributed by atoms with E-state index >= 15 is 0 Å². The lowest BCUT2D eigenvalue weighted by Crippen LogP contribution is -2.59. The third-order valence-corrected chi connectivity index (χ3v) is 6.74. The smallest absolute Gasteiger partial charge is 0.186 e. The van der Waals surface area contributed by atoms with Gasteiger partial charge in [0.15, 0.2) is 6.29 Å². The Bertz CT molecular complexity index is 481. The number of hydrogen-bond acceptors (Lipinski definition) is 9. The van der Waals surface area contributed by atoms with Crippen molar-refractivity contribution in [2.75, 3.05) is 52.9 Å². The Hall–Kier alpha value is -0.360. The van der Waals surface area contributed by atoms with E-state index in [2.05, 4.69) is 6.92 Å². The lowest BCUT2D eigenvalue weighted by atomic mass is 9.99. The van der Waals surface area contributed by atoms with Crippen LogP contribution in [0, 0.1) is 0 Å². The van der Waals surface area contributed by atoms with E-state index in [4.69, 9.17) is 28.8 Å². The first-order valence-corrected chi connectivity index (χ1v) is 14.8. The molecule has 1 fully saturated rings. The van der Waals surface area contributed by atoms with E-state index in [1.165, 1.54) is 83.5 Å². The molecular formula is C28H56O9. The molecule has 1 heterocycles. The van der Waals surface area contributed by atoms with E-state index in [0.29, 0.717) is 26.4 Å². The minimum Gasteiger partial charge on any atom is -0.394 e. The highest BCUT2D eigenvalue weighted by atomic mass is 16.7. The van der Waals surface area contributed by atoms with Crippen LogP contribution in [-0.4, -0.2) is 104 Å². The molecule has 0 spiro atoms. The Morgan fingerprint density at radius 1 is 0.514 bits per heavy atom. The molecule has 0 aromatic heterocycles. The molecule has 0 aromatic carbocycles. The molecule has 4 N–H and O–H groups in total. The fourth-order valence-corrected chi connectivity index (χ4v) is 4.37. The zero-order valence-corrected chi connectivity index (χ0v) is 23.3. The van der Waals surface area contributed by atoms with Crippen LogP contribution in [0.3, 0.4) is 0 Å². The van der Waals surface area contributed by atoms with Gasteiger partial charge in [0.05, 0.1) is 46.2 Å². The predicted molar refractivity (Wildman–Crippen MR) is 142 cm³/mol. The average Bonchev–Trinajstić information content (AvgIpc) is 2.91. The second kappa shape index (κ2) is 24.7. The van der Waals surface area contributed by atoms with Gasteiger partial charge in [-0.2, -0.15) is 0 Å². The lowest BCUT2D eigenvalue weighted by Gasteiger charge is -2.39. The Morgan fingerprint density at radius 3 is 1.43 bits per heavy atom. The number of hydrogen-bond donors (Lipinski definition) is 4. The minimum atomic E-state index is -1.44. The van der Waals surface area contributed by atoms with Gasteiger partial charge in [0.25, 0.3) is 0 Å². The number of rotatable bonds is 26. The number of aliphatic hydroxyl groups excluding tert-OH is 4. The summed E-state index contributed by atoms with van der Waals surface area (Å²) in [6.07, 6.45) is 12.6. The topological polar surface area (TPSA) is 127 Å². The summed E-state index contributed by atoms with van der Waals surface area (Å²) in [6.45, 7) is 4.92. The van der Waals surface area contributed by atoms with Crippen LogP contribution < -0.4 is 0 Å². The van der Waals surface area contributed by atoms with Crippen molar-refractivity contribution >= 4 is 0 Å². The van der Waals surface area contributed by atoms with Crippen molar-refractivity contribution in [2.24, 2.45) is 0 Å². The third-order valence-electron chi connectivity index (χ3n) is 6.74. The maximum absolute atomic E-state index is 9.89. The molecule has 0 bridgehead atoms. The zero-order valence-electron chi connectivity index (χ0n) is 23.3. The molecule has 0 saturated carbocycles. The minimum absolute atomic E-state index is 0.130. The van der Waals surface area contributed by atoms with Gasteiger partial charge in [-0.15, -0.1) is 0 Å². The average molecular weight is 537 g/mol. The summed E-state index contributed by atoms with van der Waals surface area (Å²) in [4.78, 5) is 0. The molecule has 9 nitrogen and oxygen atoms in total. The highest BCUT2D eigenvalue weighted by molar-refractivity contribution is 4.88. The van der Waals surface area contributed by atoms with Gasteiger partial charge in [-0.1, -0.05) is 90.4 Å². The molecule has 1 aliphatic heterocycles. The highest BCUT2D eigenvalue weighted by Gasteiger charge is 2.43. The molecule has 222 valence electrons. The molecule has 5 atom stereocenters. The van der Waals surface area contributed by atoms with Crippen LogP contribution in [-0.2, 0) is 23.7 Å². The van der Waals surface area contributed by atoms with Crippen LogP contribution in [0.1, 0.15) is 96.8 Å². The van der Waals surface area contributed by atoms with E-state index < -0.39 is 37.3 Å². The highest BCUT2D eigenvalue weighted by Crippen LogP contribution is 2.21. The van der Waals surface area contributed by atoms with Crippen molar-refractivity contribution in [1.82, 2.24) is 0 Å². The van der Waals surface area contributed by atoms with Gasteiger partial charge in [0.1, 0.15) is 24.4 Å². The van der Waals surface area contributed by atoms with Gasteiger partial charge in [-0.25, -0.2) is 0 Å². The number of ether oxygens (including phenoxy) is 5. The van der Waals surface area contributed by atoms with Crippen molar-refractivity contribution in [2.45, 2.75) is 128 Å². The van der Waals surface area contributed by atoms with Gasteiger partial charge in [0.2, 0.25) is 0 Å². The van der Waals surface area contributed by atoms with Crippen molar-refractivity contribution < 1.29 is 44.1 Å². The van der Waals surface area contributed by atoms with E-state index in [0.717, 1.165) is 13.0 Å². The number of unbranched alkanes of at least 4 members (excludes halogenated alkanes) is 13. The second-order valence-corrected chi connectivity index (χ2v) is 10.0. The standard InChI is InChI=1S/C28H56O9/c1-2-3-4-5-6-7-8-9-10-11-12-13-14-15-16-33-17-18-34-19-20-35-21-22-36-28-27(32)26(31)25(30)24(23-29)37-28/h24-32H,2-23H2,1H3/t24-,25+,26+,27-,28-/m1/s1. The summed E-state index contributed by atoms with van der Waals surface area (Å²) >= 11 is 0. The van der Waals surface area contributed by atoms with Crippen LogP contribution in [0.15, 0.2) is 0 Å². The lowest BCUT2D eigenvalue weighted by molar-refractivity contribution is -0.302. The Balaban J connectivity index is 1.75. The maximum atomic E-state index is 9.89. The van der Waals surface area contributed by atoms with Crippen molar-refractivity contribution in [3.63, 3.8) is 0 Å². The van der Waals surface area contributed by atoms with Gasteiger partial charge in [-0.3, -0.25) is 0 Å². The third kappa shape index (κ3) is 17.8. The van der Waals surface area contributed by atoms with Crippen LogP contribution in [0.4, 0.5) is 0 Å². The maximum Gasteiger partial charge on any atom is 0.186 e. The molecule has 1 saturated heterocycles. The summed E-state index contributed by atoms with van der Waals surface area (Å²) < 4.78 is 27.1. The summed E-state index contributed by atoms with van der Waals surface area (Å²) in [7, 11) is 0. The van der Waals surface area contributed by atoms with Gasteiger partial charge < -0.3 is 44.1 Å². The van der Waals surface area contributed by atoms with E-state index in [1.54, 1.807) is 0 Å². The summed E-state index contributed by atoms with van der Waals surface area (Å²) in [5.74, 6) is 0. The van der Waals surface area contributed by atoms with E-state index in [-0.39, 0.29) is 13.2 Å². The normalized spacial score (nSPS) is 24.1. The van der Waals surface area contributed by atoms with Crippen molar-refractivity contribution in [1.29, 1.82) is 0 Å². The molecule has 1 aliphatic rings. The Morgan fingerprint density at radius 2 is 0.946 bits per heavy atom. The quantitative estimate of drug-likeness (QED) is 0.123. The van der Waals surface area contributed by atoms with E-state index in [9.17, 15) is 15.3 Å². The summed E-state index contributed by atoms with van der Waals surface area (Å²) in [5.41, 5.74) is 0. The molecule has 0 unspecified atom stereocenters. The first-order chi connectivity index (χ1) is 18.1. The molecule has 1 rings (SSSR count). The summed E-state index contributed by atoms with van der Waals surface area (Å²) in [5, 5.41) is 38.5.